The molecular formula is C17H18N2O8S3. The van der Waals surface area contributed by atoms with Gasteiger partial charge in [0.25, 0.3) is 10.2 Å². The van der Waals surface area contributed by atoms with E-state index < -0.39 is 15.4 Å². The van der Waals surface area contributed by atoms with Crippen LogP contribution < -0.4 is 4.74 Å². The van der Waals surface area contributed by atoms with Gasteiger partial charge in [0.05, 0.1) is 16.6 Å². The van der Waals surface area contributed by atoms with Crippen molar-refractivity contribution < 1.29 is 29.4 Å². The fraction of sp³-hybridized carbons (Fsp3) is 0.353. The first-order valence-electron chi connectivity index (χ1n) is 8.55. The largest absolute Gasteiger partial charge is 0.425 e. The number of thiophene rings is 1. The topological polar surface area (TPSA) is 131 Å². The minimum atomic E-state index is -0.977. The summed E-state index contributed by atoms with van der Waals surface area (Å²) in [6.45, 7) is 1.21. The zero-order valence-corrected chi connectivity index (χ0v) is 18.2. The molecule has 2 aromatic rings. The summed E-state index contributed by atoms with van der Waals surface area (Å²) in [5.74, 6) is -0.0437. The molecule has 0 atom stereocenters. The molecule has 0 aliphatic rings. The van der Waals surface area contributed by atoms with E-state index in [1.165, 1.54) is 0 Å². The second-order valence-corrected chi connectivity index (χ2v) is 9.33. The molecule has 0 aliphatic heterocycles. The number of rotatable bonds is 13. The van der Waals surface area contributed by atoms with Crippen LogP contribution in [0.25, 0.3) is 0 Å². The van der Waals surface area contributed by atoms with Crippen LogP contribution in [0.15, 0.2) is 40.6 Å². The molecule has 1 heterocycles. The molecule has 0 amide bonds. The van der Waals surface area contributed by atoms with Crippen molar-refractivity contribution in [2.75, 3.05) is 13.2 Å². The van der Waals surface area contributed by atoms with Crippen LogP contribution in [0.4, 0.5) is 0 Å². The first-order valence-corrected chi connectivity index (χ1v) is 11.6. The van der Waals surface area contributed by atoms with Gasteiger partial charge in [0, 0.05) is 4.88 Å². The van der Waals surface area contributed by atoms with Crippen LogP contribution in [0.5, 0.6) is 5.75 Å². The summed E-state index contributed by atoms with van der Waals surface area (Å²) < 4.78 is 5.46. The second-order valence-electron chi connectivity index (χ2n) is 5.79. The molecule has 30 heavy (non-hydrogen) atoms. The molecule has 2 rings (SSSR count). The lowest BCUT2D eigenvalue weighted by atomic mass is 10.2. The normalized spacial score (nSPS) is 10.6. The third kappa shape index (κ3) is 8.47. The number of nitrogens with zero attached hydrogens (tertiary/aromatic N) is 2. The van der Waals surface area contributed by atoms with E-state index >= 15 is 0 Å². The van der Waals surface area contributed by atoms with E-state index in [2.05, 4.69) is 9.68 Å². The van der Waals surface area contributed by atoms with Gasteiger partial charge in [-0.05, 0) is 42.5 Å². The van der Waals surface area contributed by atoms with Gasteiger partial charge in [-0.1, -0.05) is 33.7 Å². The van der Waals surface area contributed by atoms with Gasteiger partial charge in [-0.3, -0.25) is 4.79 Å². The van der Waals surface area contributed by atoms with Crippen LogP contribution in [0.1, 0.15) is 16.9 Å². The van der Waals surface area contributed by atoms with Crippen LogP contribution in [0.2, 0.25) is 0 Å². The summed E-state index contributed by atoms with van der Waals surface area (Å²) in [5.41, 5.74) is 1.14. The van der Waals surface area contributed by atoms with E-state index in [1.807, 2.05) is 18.4 Å². The average Bonchev–Trinajstić information content (AvgIpc) is 3.11. The predicted molar refractivity (Wildman–Crippen MR) is 113 cm³/mol. The maximum atomic E-state index is 12.2. The Morgan fingerprint density at radius 2 is 1.80 bits per heavy atom. The highest BCUT2D eigenvalue weighted by Gasteiger charge is 2.17. The molecule has 0 spiro atoms. The Labute approximate surface area is 183 Å². The van der Waals surface area contributed by atoms with Crippen molar-refractivity contribution in [3.05, 3.63) is 66.4 Å². The van der Waals surface area contributed by atoms with Gasteiger partial charge >= 0.3 is 5.97 Å². The van der Waals surface area contributed by atoms with Gasteiger partial charge in [-0.15, -0.1) is 31.6 Å². The first-order chi connectivity index (χ1) is 14.3. The maximum absolute atomic E-state index is 12.2. The zero-order valence-electron chi connectivity index (χ0n) is 15.8. The quantitative estimate of drug-likeness (QED) is 0.137. The average molecular weight is 475 g/mol. The molecule has 1 aromatic heterocycles. The summed E-state index contributed by atoms with van der Waals surface area (Å²) >= 11 is 1.59. The molecular weight excluding hydrogens is 456 g/mol. The van der Waals surface area contributed by atoms with Crippen LogP contribution in [0, 0.1) is 27.2 Å². The van der Waals surface area contributed by atoms with E-state index in [1.54, 1.807) is 35.6 Å². The predicted octanol–water partition coefficient (Wildman–Crippen LogP) is 4.12. The highest BCUT2D eigenvalue weighted by atomic mass is 33.1. The highest BCUT2D eigenvalue weighted by Crippen LogP contribution is 2.40. The smallest absolute Gasteiger partial charge is 0.311 e. The molecule has 0 saturated carbocycles. The second kappa shape index (κ2) is 12.2. The SMILES string of the molecule is Cc1ccsc1CCC(=O)Oc1ccccc1SSC(CO[N+](=O)[O-])CO[N+](=O)[O-]. The van der Waals surface area contributed by atoms with Crippen molar-refractivity contribution in [1.82, 2.24) is 0 Å². The Kier molecular flexibility index (Phi) is 9.70. The third-order valence-corrected chi connectivity index (χ3v) is 7.49. The molecule has 162 valence electrons. The van der Waals surface area contributed by atoms with Crippen molar-refractivity contribution in [2.45, 2.75) is 29.9 Å². The summed E-state index contributed by atoms with van der Waals surface area (Å²) in [4.78, 5) is 43.3. The number of carbonyl (C=O) groups excluding carboxylic acids is 1. The summed E-state index contributed by atoms with van der Waals surface area (Å²) in [5, 5.41) is 20.1. The van der Waals surface area contributed by atoms with Crippen molar-refractivity contribution in [3.8, 4) is 5.75 Å². The van der Waals surface area contributed by atoms with E-state index in [-0.39, 0.29) is 25.6 Å². The molecule has 13 heteroatoms. The van der Waals surface area contributed by atoms with Gasteiger partial charge in [0.2, 0.25) is 0 Å². The van der Waals surface area contributed by atoms with E-state index in [0.717, 1.165) is 32.0 Å². The summed E-state index contributed by atoms with van der Waals surface area (Å²) in [6, 6.07) is 8.79. The molecule has 0 radical (unpaired) electrons. The lowest BCUT2D eigenvalue weighted by Crippen LogP contribution is -2.21. The zero-order chi connectivity index (χ0) is 21.9. The van der Waals surface area contributed by atoms with Crippen molar-refractivity contribution >= 4 is 38.9 Å². The number of ether oxygens (including phenoxy) is 1. The monoisotopic (exact) mass is 474 g/mol. The molecule has 10 nitrogen and oxygen atoms in total. The van der Waals surface area contributed by atoms with Crippen LogP contribution in [-0.4, -0.2) is 34.6 Å². The lowest BCUT2D eigenvalue weighted by molar-refractivity contribution is -0.765. The molecule has 0 N–H and O–H groups in total. The lowest BCUT2D eigenvalue weighted by Gasteiger charge is -2.14. The standard InChI is InChI=1S/C17H18N2O8S3/c1-12-8-9-28-15(12)6-7-17(20)27-14-4-2-3-5-16(14)30-29-13(10-25-18(21)22)11-26-19(23)24/h2-5,8-9,13H,6-7,10-11H2,1H3. The van der Waals surface area contributed by atoms with Gasteiger partial charge in [0.15, 0.2) is 0 Å². The number of hydrogen-bond acceptors (Lipinski definition) is 11. The maximum Gasteiger partial charge on any atom is 0.311 e. The van der Waals surface area contributed by atoms with Gasteiger partial charge in [-0.2, -0.15) is 0 Å². The number of aryl methyl sites for hydroxylation is 2. The fourth-order valence-corrected chi connectivity index (χ4v) is 5.34. The summed E-state index contributed by atoms with van der Waals surface area (Å²) in [7, 11) is 2.24. The highest BCUT2D eigenvalue weighted by molar-refractivity contribution is 8.77. The van der Waals surface area contributed by atoms with E-state index in [0.29, 0.717) is 17.1 Å². The Bertz CT molecular complexity index is 858. The van der Waals surface area contributed by atoms with E-state index in [4.69, 9.17) is 4.74 Å². The number of hydrogen-bond donors (Lipinski definition) is 0. The number of esters is 1. The number of para-hydroxylation sites is 1. The van der Waals surface area contributed by atoms with Crippen molar-refractivity contribution in [2.24, 2.45) is 0 Å². The Morgan fingerprint density at radius 1 is 1.13 bits per heavy atom. The molecule has 0 bridgehead atoms. The Morgan fingerprint density at radius 3 is 2.40 bits per heavy atom. The minimum Gasteiger partial charge on any atom is -0.425 e. The molecule has 0 unspecified atom stereocenters. The number of benzene rings is 1. The Balaban J connectivity index is 1.93. The van der Waals surface area contributed by atoms with Crippen LogP contribution in [0.3, 0.4) is 0 Å². The van der Waals surface area contributed by atoms with Crippen LogP contribution >= 0.6 is 32.9 Å². The van der Waals surface area contributed by atoms with Crippen molar-refractivity contribution in [1.29, 1.82) is 0 Å². The first kappa shape index (κ1) is 23.8. The van der Waals surface area contributed by atoms with Crippen LogP contribution in [-0.2, 0) is 20.9 Å². The molecule has 1 aromatic carbocycles. The summed E-state index contributed by atoms with van der Waals surface area (Å²) in [6.07, 6.45) is 0.814. The van der Waals surface area contributed by atoms with Gasteiger partial charge in [-0.25, -0.2) is 0 Å². The molecule has 0 fully saturated rings. The minimum absolute atomic E-state index is 0.226. The van der Waals surface area contributed by atoms with E-state index in [9.17, 15) is 25.0 Å². The van der Waals surface area contributed by atoms with Gasteiger partial charge < -0.3 is 14.4 Å². The van der Waals surface area contributed by atoms with Crippen molar-refractivity contribution in [3.63, 3.8) is 0 Å². The number of carbonyl (C=O) groups is 1. The molecule has 0 aliphatic carbocycles. The fourth-order valence-electron chi connectivity index (χ4n) is 2.16. The third-order valence-electron chi connectivity index (χ3n) is 3.60. The Hall–Kier alpha value is -2.51. The van der Waals surface area contributed by atoms with Gasteiger partial charge in [0.1, 0.15) is 19.0 Å². The molecule has 0 saturated heterocycles.